The first-order chi connectivity index (χ1) is 10.1. The molecule has 1 aromatic rings. The molecule has 0 aliphatic heterocycles. The highest BCUT2D eigenvalue weighted by molar-refractivity contribution is 6.31. The molecule has 0 saturated heterocycles. The summed E-state index contributed by atoms with van der Waals surface area (Å²) in [6.07, 6.45) is 2.27. The number of rotatable bonds is 6. The minimum atomic E-state index is -0.848. The smallest absolute Gasteiger partial charge is 0.315 e. The maximum absolute atomic E-state index is 11.6. The third kappa shape index (κ3) is 4.63. The van der Waals surface area contributed by atoms with Crippen LogP contribution in [0.4, 0.5) is 4.79 Å². The van der Waals surface area contributed by atoms with E-state index in [1.165, 1.54) is 0 Å². The number of halogens is 1. The number of carboxylic acid groups (broad SMARTS) is 1. The van der Waals surface area contributed by atoms with E-state index in [2.05, 4.69) is 10.6 Å². The Morgan fingerprint density at radius 3 is 2.67 bits per heavy atom. The molecule has 3 N–H and O–H groups in total. The number of nitrogens with one attached hydrogen (secondary N) is 2. The number of carbonyl (C=O) groups is 2. The summed E-state index contributed by atoms with van der Waals surface area (Å²) in [5.41, 5.74) is 1.14. The largest absolute Gasteiger partial charge is 0.481 e. The van der Waals surface area contributed by atoms with E-state index in [0.29, 0.717) is 18.9 Å². The summed E-state index contributed by atoms with van der Waals surface area (Å²) in [7, 11) is 0. The zero-order chi connectivity index (χ0) is 15.2. The lowest BCUT2D eigenvalue weighted by Gasteiger charge is -2.36. The molecular weight excluding hydrogens is 292 g/mol. The number of benzene rings is 1. The van der Waals surface area contributed by atoms with Gasteiger partial charge in [0, 0.05) is 24.0 Å². The Kier molecular flexibility index (Phi) is 5.44. The van der Waals surface area contributed by atoms with Crippen molar-refractivity contribution in [1.29, 1.82) is 0 Å². The van der Waals surface area contributed by atoms with Gasteiger partial charge in [-0.3, -0.25) is 4.79 Å². The summed E-state index contributed by atoms with van der Waals surface area (Å²) >= 11 is 6.15. The second kappa shape index (κ2) is 7.31. The molecule has 0 atom stereocenters. The molecule has 6 heteroatoms. The highest BCUT2D eigenvalue weighted by atomic mass is 35.5. The first-order valence-electron chi connectivity index (χ1n) is 7.07. The van der Waals surface area contributed by atoms with E-state index in [4.69, 9.17) is 16.7 Å². The summed E-state index contributed by atoms with van der Waals surface area (Å²) in [5.74, 6) is -0.449. The second-order valence-corrected chi connectivity index (χ2v) is 5.69. The lowest BCUT2D eigenvalue weighted by molar-refractivity contribution is -0.137. The van der Waals surface area contributed by atoms with Gasteiger partial charge in [0.25, 0.3) is 0 Å². The molecule has 0 unspecified atom stereocenters. The molecule has 0 spiro atoms. The van der Waals surface area contributed by atoms with Crippen LogP contribution < -0.4 is 10.6 Å². The number of hydrogen-bond donors (Lipinski definition) is 3. The molecular formula is C15H19ClN2O3. The van der Waals surface area contributed by atoms with Crippen molar-refractivity contribution < 1.29 is 14.7 Å². The van der Waals surface area contributed by atoms with Crippen molar-refractivity contribution >= 4 is 23.6 Å². The van der Waals surface area contributed by atoms with Crippen molar-refractivity contribution in [3.63, 3.8) is 0 Å². The summed E-state index contributed by atoms with van der Waals surface area (Å²) in [6.45, 7) is 0.374. The predicted octanol–water partition coefficient (Wildman–Crippen LogP) is 2.75. The Labute approximate surface area is 128 Å². The summed E-state index contributed by atoms with van der Waals surface area (Å²) < 4.78 is 0. The van der Waals surface area contributed by atoms with Crippen LogP contribution in [0.3, 0.4) is 0 Å². The SMILES string of the molecule is O=C(O)CCCNC(=O)NC1CC(c2ccccc2Cl)C1. The summed E-state index contributed by atoms with van der Waals surface area (Å²) in [5, 5.41) is 14.8. The first-order valence-corrected chi connectivity index (χ1v) is 7.44. The van der Waals surface area contributed by atoms with Crippen LogP contribution in [0.2, 0.25) is 5.02 Å². The Hall–Kier alpha value is -1.75. The number of urea groups is 1. The van der Waals surface area contributed by atoms with E-state index in [-0.39, 0.29) is 18.5 Å². The van der Waals surface area contributed by atoms with Crippen LogP contribution in [-0.4, -0.2) is 29.7 Å². The molecule has 2 amide bonds. The molecule has 114 valence electrons. The predicted molar refractivity (Wildman–Crippen MR) is 80.6 cm³/mol. The number of carboxylic acids is 1. The van der Waals surface area contributed by atoms with Crippen LogP contribution in [-0.2, 0) is 4.79 Å². The molecule has 0 bridgehead atoms. The molecule has 5 nitrogen and oxygen atoms in total. The topological polar surface area (TPSA) is 78.4 Å². The zero-order valence-electron chi connectivity index (χ0n) is 11.6. The lowest BCUT2D eigenvalue weighted by Crippen LogP contribution is -2.47. The minimum absolute atomic E-state index is 0.0677. The molecule has 2 rings (SSSR count). The Bertz CT molecular complexity index is 515. The van der Waals surface area contributed by atoms with Crippen LogP contribution in [0.25, 0.3) is 0 Å². The van der Waals surface area contributed by atoms with E-state index in [9.17, 15) is 9.59 Å². The van der Waals surface area contributed by atoms with Crippen LogP contribution in [0.15, 0.2) is 24.3 Å². The fraction of sp³-hybridized carbons (Fsp3) is 0.467. The van der Waals surface area contributed by atoms with Crippen LogP contribution >= 0.6 is 11.6 Å². The van der Waals surface area contributed by atoms with Crippen LogP contribution in [0.5, 0.6) is 0 Å². The highest BCUT2D eigenvalue weighted by Crippen LogP contribution is 2.39. The standard InChI is InChI=1S/C15H19ClN2O3/c16-13-5-2-1-4-12(13)10-8-11(9-10)18-15(21)17-7-3-6-14(19)20/h1-2,4-5,10-11H,3,6-9H2,(H,19,20)(H2,17,18,21). The van der Waals surface area contributed by atoms with Gasteiger partial charge in [0.05, 0.1) is 0 Å². The first kappa shape index (κ1) is 15.6. The number of carbonyl (C=O) groups excluding carboxylic acids is 1. The number of aliphatic carboxylic acids is 1. The zero-order valence-corrected chi connectivity index (χ0v) is 12.4. The fourth-order valence-electron chi connectivity index (χ4n) is 2.47. The quantitative estimate of drug-likeness (QED) is 0.707. The van der Waals surface area contributed by atoms with Gasteiger partial charge >= 0.3 is 12.0 Å². The van der Waals surface area contributed by atoms with E-state index >= 15 is 0 Å². The molecule has 1 fully saturated rings. The molecule has 0 aromatic heterocycles. The van der Waals surface area contributed by atoms with E-state index in [1.54, 1.807) is 0 Å². The Balaban J connectivity index is 1.65. The van der Waals surface area contributed by atoms with Gasteiger partial charge in [0.1, 0.15) is 0 Å². The summed E-state index contributed by atoms with van der Waals surface area (Å²) in [4.78, 5) is 21.9. The average Bonchev–Trinajstić information content (AvgIpc) is 2.39. The van der Waals surface area contributed by atoms with Crippen molar-refractivity contribution in [3.05, 3.63) is 34.9 Å². The van der Waals surface area contributed by atoms with Crippen molar-refractivity contribution in [2.45, 2.75) is 37.6 Å². The van der Waals surface area contributed by atoms with Gasteiger partial charge in [-0.2, -0.15) is 0 Å². The van der Waals surface area contributed by atoms with Gasteiger partial charge in [-0.1, -0.05) is 29.8 Å². The average molecular weight is 311 g/mol. The molecule has 1 aromatic carbocycles. The molecule has 0 heterocycles. The van der Waals surface area contributed by atoms with E-state index < -0.39 is 5.97 Å². The lowest BCUT2D eigenvalue weighted by atomic mass is 9.76. The Morgan fingerprint density at radius 2 is 2.00 bits per heavy atom. The number of hydrogen-bond acceptors (Lipinski definition) is 2. The maximum Gasteiger partial charge on any atom is 0.315 e. The monoisotopic (exact) mass is 310 g/mol. The molecule has 1 aliphatic carbocycles. The van der Waals surface area contributed by atoms with Crippen molar-refractivity contribution in [1.82, 2.24) is 10.6 Å². The normalized spacial score (nSPS) is 20.4. The van der Waals surface area contributed by atoms with Crippen molar-refractivity contribution in [2.75, 3.05) is 6.54 Å². The summed E-state index contributed by atoms with van der Waals surface area (Å²) in [6, 6.07) is 7.71. The Morgan fingerprint density at radius 1 is 1.29 bits per heavy atom. The van der Waals surface area contributed by atoms with E-state index in [0.717, 1.165) is 23.4 Å². The van der Waals surface area contributed by atoms with Crippen molar-refractivity contribution in [3.8, 4) is 0 Å². The fourth-order valence-corrected chi connectivity index (χ4v) is 2.76. The number of amides is 2. The van der Waals surface area contributed by atoms with E-state index in [1.807, 2.05) is 24.3 Å². The maximum atomic E-state index is 11.6. The van der Waals surface area contributed by atoms with Gasteiger partial charge in [-0.05, 0) is 36.8 Å². The molecule has 1 aliphatic rings. The third-order valence-corrected chi connectivity index (χ3v) is 4.02. The molecule has 0 radical (unpaired) electrons. The molecule has 21 heavy (non-hydrogen) atoms. The molecule has 1 saturated carbocycles. The minimum Gasteiger partial charge on any atom is -0.481 e. The van der Waals surface area contributed by atoms with Crippen LogP contribution in [0, 0.1) is 0 Å². The van der Waals surface area contributed by atoms with Gasteiger partial charge in [0.2, 0.25) is 0 Å². The van der Waals surface area contributed by atoms with Gasteiger partial charge in [-0.15, -0.1) is 0 Å². The van der Waals surface area contributed by atoms with Gasteiger partial charge < -0.3 is 15.7 Å². The van der Waals surface area contributed by atoms with Crippen molar-refractivity contribution in [2.24, 2.45) is 0 Å². The second-order valence-electron chi connectivity index (χ2n) is 5.28. The third-order valence-electron chi connectivity index (χ3n) is 3.67. The van der Waals surface area contributed by atoms with Gasteiger partial charge in [-0.25, -0.2) is 4.79 Å². The van der Waals surface area contributed by atoms with Gasteiger partial charge in [0.15, 0.2) is 0 Å². The highest BCUT2D eigenvalue weighted by Gasteiger charge is 2.32. The van der Waals surface area contributed by atoms with Crippen LogP contribution in [0.1, 0.15) is 37.2 Å².